The lowest BCUT2D eigenvalue weighted by Gasteiger charge is -2.38. The second-order valence-corrected chi connectivity index (χ2v) is 29.3. The SMILES string of the molecule is CC(C)[Si](C#Cc1ccc(C#Cc2ccc(C#Cc3ccccc3C#Cc3ccc(C#Cc4ccc(C#C[Si](C(C)C)(C(C)C)C(C)C)cc4)cc3)cc2)cc1)(C(C)C)C(C)C. The molecule has 0 N–H and O–H groups in total. The molecule has 0 aliphatic heterocycles. The molecule has 0 amide bonds. The second kappa shape index (κ2) is 21.6. The maximum absolute atomic E-state index is 3.82. The smallest absolute Gasteiger partial charge is 0.125 e. The third-order valence-electron chi connectivity index (χ3n) is 12.4. The summed E-state index contributed by atoms with van der Waals surface area (Å²) in [5.41, 5.74) is 20.9. The Morgan fingerprint density at radius 3 is 0.613 bits per heavy atom. The van der Waals surface area contributed by atoms with Crippen LogP contribution in [0.25, 0.3) is 0 Å². The van der Waals surface area contributed by atoms with Gasteiger partial charge in [0.25, 0.3) is 0 Å². The summed E-state index contributed by atoms with van der Waals surface area (Å²) in [4.78, 5) is 0. The quantitative estimate of drug-likeness (QED) is 0.118. The zero-order valence-electron chi connectivity index (χ0n) is 39.0. The molecule has 310 valence electrons. The fourth-order valence-electron chi connectivity index (χ4n) is 9.04. The van der Waals surface area contributed by atoms with Gasteiger partial charge in [-0.1, -0.05) is 154 Å². The van der Waals surface area contributed by atoms with E-state index in [0.717, 1.165) is 55.6 Å². The molecule has 5 rings (SSSR count). The molecule has 5 aromatic rings. The van der Waals surface area contributed by atoms with Gasteiger partial charge >= 0.3 is 0 Å². The van der Waals surface area contributed by atoms with Crippen LogP contribution >= 0.6 is 0 Å². The summed E-state index contributed by atoms with van der Waals surface area (Å²) < 4.78 is 0. The van der Waals surface area contributed by atoms with Crippen LogP contribution in [0, 0.1) is 70.3 Å². The van der Waals surface area contributed by atoms with E-state index in [0.29, 0.717) is 33.2 Å². The minimum absolute atomic E-state index is 0.615. The Morgan fingerprint density at radius 1 is 0.242 bits per heavy atom. The number of hydrogen-bond donors (Lipinski definition) is 0. The largest absolute Gasteiger partial charge is 0.146 e. The first-order chi connectivity index (χ1) is 29.6. The molecule has 0 fully saturated rings. The first-order valence-electron chi connectivity index (χ1n) is 22.3. The van der Waals surface area contributed by atoms with Crippen molar-refractivity contribution in [1.82, 2.24) is 0 Å². The highest BCUT2D eigenvalue weighted by atomic mass is 28.3. The molecular formula is C60H62Si2. The van der Waals surface area contributed by atoms with Gasteiger partial charge in [0.05, 0.1) is 0 Å². The van der Waals surface area contributed by atoms with Crippen LogP contribution in [0.1, 0.15) is 139 Å². The van der Waals surface area contributed by atoms with Crippen molar-refractivity contribution in [3.63, 3.8) is 0 Å². The first kappa shape index (κ1) is 47.0. The van der Waals surface area contributed by atoms with E-state index in [1.807, 2.05) is 72.8 Å². The van der Waals surface area contributed by atoms with Crippen LogP contribution < -0.4 is 0 Å². The Kier molecular flexibility index (Phi) is 16.4. The Balaban J connectivity index is 1.21. The summed E-state index contributed by atoms with van der Waals surface area (Å²) in [6.45, 7) is 28.2. The minimum atomic E-state index is -1.77. The molecule has 0 bridgehead atoms. The monoisotopic (exact) mass is 838 g/mol. The topological polar surface area (TPSA) is 0 Å². The van der Waals surface area contributed by atoms with Gasteiger partial charge in [-0.05, 0) is 142 Å². The second-order valence-electron chi connectivity index (χ2n) is 18.1. The predicted molar refractivity (Wildman–Crippen MR) is 272 cm³/mol. The molecular weight excluding hydrogens is 777 g/mol. The van der Waals surface area contributed by atoms with Gasteiger partial charge in [0, 0.05) is 55.6 Å². The molecule has 0 nitrogen and oxygen atoms in total. The van der Waals surface area contributed by atoms with E-state index in [2.05, 4.69) is 202 Å². The van der Waals surface area contributed by atoms with Gasteiger partial charge in [-0.25, -0.2) is 0 Å². The maximum atomic E-state index is 3.82. The van der Waals surface area contributed by atoms with Crippen LogP contribution in [0.5, 0.6) is 0 Å². The number of benzene rings is 5. The lowest BCUT2D eigenvalue weighted by Crippen LogP contribution is -2.43. The highest BCUT2D eigenvalue weighted by Crippen LogP contribution is 2.42. The fraction of sp³-hybridized carbons (Fsp3) is 0.300. The molecule has 0 atom stereocenters. The summed E-state index contributed by atoms with van der Waals surface area (Å²) in [6.07, 6.45) is 0. The van der Waals surface area contributed by atoms with Gasteiger partial charge in [0.15, 0.2) is 0 Å². The molecule has 62 heavy (non-hydrogen) atoms. The van der Waals surface area contributed by atoms with E-state index < -0.39 is 16.1 Å². The van der Waals surface area contributed by atoms with Crippen LogP contribution in [0.15, 0.2) is 121 Å². The van der Waals surface area contributed by atoms with Crippen molar-refractivity contribution in [2.75, 3.05) is 0 Å². The molecule has 0 aliphatic carbocycles. The third-order valence-corrected chi connectivity index (χ3v) is 25.0. The van der Waals surface area contributed by atoms with E-state index in [-0.39, 0.29) is 0 Å². The summed E-state index contributed by atoms with van der Waals surface area (Å²) in [6, 6.07) is 40.9. The normalized spacial score (nSPS) is 11.0. The molecule has 0 aliphatic rings. The van der Waals surface area contributed by atoms with Crippen molar-refractivity contribution in [3.05, 3.63) is 177 Å². The maximum Gasteiger partial charge on any atom is 0.146 e. The van der Waals surface area contributed by atoms with E-state index in [4.69, 9.17) is 0 Å². The van der Waals surface area contributed by atoms with Gasteiger partial charge in [-0.2, -0.15) is 0 Å². The van der Waals surface area contributed by atoms with Crippen molar-refractivity contribution in [1.29, 1.82) is 0 Å². The Labute approximate surface area is 377 Å². The zero-order valence-corrected chi connectivity index (χ0v) is 41.0. The van der Waals surface area contributed by atoms with Crippen molar-refractivity contribution in [3.8, 4) is 70.3 Å². The highest BCUT2D eigenvalue weighted by Gasteiger charge is 2.42. The van der Waals surface area contributed by atoms with Crippen molar-refractivity contribution < 1.29 is 0 Å². The van der Waals surface area contributed by atoms with Crippen molar-refractivity contribution in [2.24, 2.45) is 0 Å². The van der Waals surface area contributed by atoms with Crippen LogP contribution in [-0.2, 0) is 0 Å². The minimum Gasteiger partial charge on any atom is -0.125 e. The molecule has 0 heterocycles. The number of hydrogen-bond acceptors (Lipinski definition) is 0. The molecule has 0 aromatic heterocycles. The summed E-state index contributed by atoms with van der Waals surface area (Å²) >= 11 is 0. The van der Waals surface area contributed by atoms with E-state index >= 15 is 0 Å². The molecule has 0 saturated heterocycles. The predicted octanol–water partition coefficient (Wildman–Crippen LogP) is 14.4. The van der Waals surface area contributed by atoms with Gasteiger partial charge in [0.2, 0.25) is 0 Å². The molecule has 0 saturated carbocycles. The molecule has 2 heteroatoms. The summed E-state index contributed by atoms with van der Waals surface area (Å²) in [5.74, 6) is 33.6. The average Bonchev–Trinajstić information content (AvgIpc) is 3.25. The lowest BCUT2D eigenvalue weighted by molar-refractivity contribution is 0.838. The van der Waals surface area contributed by atoms with Crippen molar-refractivity contribution in [2.45, 2.75) is 116 Å². The van der Waals surface area contributed by atoms with E-state index in [1.165, 1.54) is 0 Å². The standard InChI is InChI=1S/C60H62Si2/c1-45(2)61(46(3)4,47(5)6)43-41-57-33-29-53(30-34-57)19-17-51-21-25-55(26-22-51)37-39-59-15-13-14-16-60(59)40-38-56-27-23-52(24-28-56)18-20-54-31-35-58(36-32-54)42-44-62(48(7)8,49(9)10)50(11)12/h13-16,21-36,45-50H,1-12H3. The Morgan fingerprint density at radius 2 is 0.419 bits per heavy atom. The Hall–Kier alpha value is -6.11. The Bertz CT molecular complexity index is 2450. The van der Waals surface area contributed by atoms with Crippen LogP contribution in [0.4, 0.5) is 0 Å². The molecule has 0 radical (unpaired) electrons. The average molecular weight is 839 g/mol. The summed E-state index contributed by atoms with van der Waals surface area (Å²) in [5, 5.41) is 0. The molecule has 0 spiro atoms. The number of rotatable bonds is 6. The lowest BCUT2D eigenvalue weighted by atomic mass is 10.1. The highest BCUT2D eigenvalue weighted by molar-refractivity contribution is 6.91. The van der Waals surface area contributed by atoms with Gasteiger partial charge < -0.3 is 0 Å². The van der Waals surface area contributed by atoms with Crippen molar-refractivity contribution >= 4 is 16.1 Å². The van der Waals surface area contributed by atoms with Crippen LogP contribution in [0.3, 0.4) is 0 Å². The van der Waals surface area contributed by atoms with Gasteiger partial charge in [-0.15, -0.1) is 11.1 Å². The van der Waals surface area contributed by atoms with Crippen LogP contribution in [-0.4, -0.2) is 16.1 Å². The molecule has 5 aromatic carbocycles. The van der Waals surface area contributed by atoms with Crippen LogP contribution in [0.2, 0.25) is 33.2 Å². The summed E-state index contributed by atoms with van der Waals surface area (Å²) in [7, 11) is -3.53. The third kappa shape index (κ3) is 11.8. The first-order valence-corrected chi connectivity index (χ1v) is 26.7. The fourth-order valence-corrected chi connectivity index (χ4v) is 19.5. The van der Waals surface area contributed by atoms with E-state index in [9.17, 15) is 0 Å². The van der Waals surface area contributed by atoms with Gasteiger partial charge in [-0.3, -0.25) is 0 Å². The van der Waals surface area contributed by atoms with Gasteiger partial charge in [0.1, 0.15) is 16.1 Å². The van der Waals surface area contributed by atoms with E-state index in [1.54, 1.807) is 0 Å². The molecule has 0 unspecified atom stereocenters. The zero-order chi connectivity index (χ0) is 44.9.